The van der Waals surface area contributed by atoms with Gasteiger partial charge >= 0.3 is 12.1 Å². The van der Waals surface area contributed by atoms with E-state index in [0.717, 1.165) is 10.9 Å². The fourth-order valence-electron chi connectivity index (χ4n) is 1.70. The van der Waals surface area contributed by atoms with Crippen molar-refractivity contribution in [3.8, 4) is 0 Å². The Balaban J connectivity index is 0.000000295. The highest BCUT2D eigenvalue weighted by Gasteiger charge is 2.28. The van der Waals surface area contributed by atoms with E-state index in [4.69, 9.17) is 20.7 Å². The smallest absolute Gasteiger partial charge is 0.430 e. The van der Waals surface area contributed by atoms with Gasteiger partial charge in [-0.3, -0.25) is 0 Å². The van der Waals surface area contributed by atoms with Crippen LogP contribution in [0.4, 0.5) is 18.9 Å². The standard InChI is InChI=1S/C11H10N2O2.C2HF3O2/c1-6-9(11(14)15)10(12)7-4-2-3-5-8(7)13-6;3-2(4,5)1(6)7/h2-5H,1H3,(H2,12,13)(H,14,15);(H,6,7). The third-order valence-electron chi connectivity index (χ3n) is 2.63. The number of carboxylic acid groups (broad SMARTS) is 2. The maximum atomic E-state index is 11.0. The zero-order chi connectivity index (χ0) is 17.1. The summed E-state index contributed by atoms with van der Waals surface area (Å²) in [6, 6.07) is 7.36. The van der Waals surface area contributed by atoms with Gasteiger partial charge in [0.05, 0.1) is 11.1 Å². The molecule has 0 atom stereocenters. The summed E-state index contributed by atoms with van der Waals surface area (Å²) >= 11 is 0. The number of aromatic carboxylic acids is 1. The number of nitrogen functional groups attached to an aromatic ring is 1. The summed E-state index contributed by atoms with van der Waals surface area (Å²) in [6.45, 7) is 1.70. The van der Waals surface area contributed by atoms with Crippen LogP contribution in [0.3, 0.4) is 0 Å². The minimum absolute atomic E-state index is 0.147. The van der Waals surface area contributed by atoms with Gasteiger partial charge in [-0.1, -0.05) is 12.1 Å². The SMILES string of the molecule is Cc1[nH+]c2ccccc2c(N)c1C(=O)O.O=C([O-])C(F)(F)F. The van der Waals surface area contributed by atoms with Crippen molar-refractivity contribution in [3.63, 3.8) is 0 Å². The molecule has 2 rings (SSSR count). The number of aromatic nitrogens is 1. The van der Waals surface area contributed by atoms with Crippen molar-refractivity contribution in [1.82, 2.24) is 0 Å². The first-order chi connectivity index (χ1) is 10.1. The molecule has 0 saturated carbocycles. The van der Waals surface area contributed by atoms with Gasteiger partial charge in [0.1, 0.15) is 11.5 Å². The summed E-state index contributed by atoms with van der Waals surface area (Å²) in [7, 11) is 0. The number of H-pyrrole nitrogens is 1. The van der Waals surface area contributed by atoms with Crippen molar-refractivity contribution in [2.75, 3.05) is 5.73 Å². The molecule has 9 heteroatoms. The summed E-state index contributed by atoms with van der Waals surface area (Å²) < 4.78 is 31.5. The number of nitrogens with two attached hydrogens (primary N) is 1. The van der Waals surface area contributed by atoms with Crippen molar-refractivity contribution < 1.29 is 38.0 Å². The Hall–Kier alpha value is -2.84. The van der Waals surface area contributed by atoms with Crippen LogP contribution in [-0.4, -0.2) is 23.2 Å². The molecule has 1 aromatic heterocycles. The second-order valence-corrected chi connectivity index (χ2v) is 4.17. The number of nitrogens with one attached hydrogen (secondary N) is 1. The minimum atomic E-state index is -5.19. The molecule has 0 bridgehead atoms. The second kappa shape index (κ2) is 6.29. The Labute approximate surface area is 122 Å². The maximum Gasteiger partial charge on any atom is 0.430 e. The average Bonchev–Trinajstić information content (AvgIpc) is 2.37. The zero-order valence-electron chi connectivity index (χ0n) is 11.2. The Morgan fingerprint density at radius 2 is 1.77 bits per heavy atom. The van der Waals surface area contributed by atoms with Crippen molar-refractivity contribution in [2.45, 2.75) is 13.1 Å². The Kier molecular flexibility index (Phi) is 4.92. The van der Waals surface area contributed by atoms with Crippen LogP contribution in [0.1, 0.15) is 16.1 Å². The molecule has 0 unspecified atom stereocenters. The molecule has 0 radical (unpaired) electrons. The minimum Gasteiger partial charge on any atom is -0.542 e. The lowest BCUT2D eigenvalue weighted by atomic mass is 10.1. The number of anilines is 1. The number of carbonyl (C=O) groups is 2. The first-order valence-electron chi connectivity index (χ1n) is 5.77. The van der Waals surface area contributed by atoms with Gasteiger partial charge in [0.15, 0.2) is 5.69 Å². The lowest BCUT2D eigenvalue weighted by Crippen LogP contribution is -2.37. The molecule has 4 N–H and O–H groups in total. The van der Waals surface area contributed by atoms with Gasteiger partial charge in [-0.15, -0.1) is 0 Å². The number of halogens is 3. The summed E-state index contributed by atoms with van der Waals surface area (Å²) in [5.74, 6) is -4.01. The monoisotopic (exact) mass is 316 g/mol. The molecule has 0 aliphatic heterocycles. The summed E-state index contributed by atoms with van der Waals surface area (Å²) in [6.07, 6.45) is -5.19. The topological polar surface area (TPSA) is 118 Å². The predicted octanol–water partition coefficient (Wildman–Crippen LogP) is 0.541. The molecule has 0 saturated heterocycles. The number of benzene rings is 1. The number of carboxylic acids is 2. The zero-order valence-corrected chi connectivity index (χ0v) is 11.2. The summed E-state index contributed by atoms with van der Waals surface area (Å²) in [5, 5.41) is 18.5. The first kappa shape index (κ1) is 17.2. The number of pyridine rings is 1. The van der Waals surface area contributed by atoms with Crippen LogP contribution >= 0.6 is 0 Å². The number of hydrogen-bond acceptors (Lipinski definition) is 4. The van der Waals surface area contributed by atoms with Crippen LogP contribution in [0.25, 0.3) is 10.9 Å². The largest absolute Gasteiger partial charge is 0.542 e. The predicted molar refractivity (Wildman–Crippen MR) is 67.7 cm³/mol. The molecule has 6 nitrogen and oxygen atoms in total. The number of aromatic amines is 1. The van der Waals surface area contributed by atoms with Crippen LogP contribution in [0.15, 0.2) is 24.3 Å². The van der Waals surface area contributed by atoms with E-state index in [1.807, 2.05) is 18.2 Å². The molecular weight excluding hydrogens is 305 g/mol. The first-order valence-corrected chi connectivity index (χ1v) is 5.77. The Morgan fingerprint density at radius 1 is 1.27 bits per heavy atom. The highest BCUT2D eigenvalue weighted by atomic mass is 19.4. The van der Waals surface area contributed by atoms with Gasteiger partial charge in [-0.25, -0.2) is 9.78 Å². The fourth-order valence-corrected chi connectivity index (χ4v) is 1.70. The van der Waals surface area contributed by atoms with Crippen molar-refractivity contribution >= 4 is 28.5 Å². The van der Waals surface area contributed by atoms with E-state index in [-0.39, 0.29) is 5.56 Å². The molecule has 0 fully saturated rings. The van der Waals surface area contributed by atoms with Crippen molar-refractivity contribution in [1.29, 1.82) is 0 Å². The Morgan fingerprint density at radius 3 is 2.23 bits per heavy atom. The number of carbonyl (C=O) groups excluding carboxylic acids is 1. The molecule has 1 heterocycles. The number of alkyl halides is 3. The van der Waals surface area contributed by atoms with Gasteiger partial charge in [0.2, 0.25) is 5.52 Å². The third-order valence-corrected chi connectivity index (χ3v) is 2.63. The van der Waals surface area contributed by atoms with E-state index in [1.54, 1.807) is 13.0 Å². The van der Waals surface area contributed by atoms with Crippen molar-refractivity contribution in [3.05, 3.63) is 35.5 Å². The van der Waals surface area contributed by atoms with E-state index in [9.17, 15) is 18.0 Å². The number of fused-ring (bicyclic) bond motifs is 1. The second-order valence-electron chi connectivity index (χ2n) is 4.17. The molecule has 0 amide bonds. The number of rotatable bonds is 1. The molecule has 0 aliphatic carbocycles. The number of aliphatic carboxylic acids is 1. The quantitative estimate of drug-likeness (QED) is 0.796. The Bertz CT molecular complexity index is 729. The maximum absolute atomic E-state index is 11.0. The van der Waals surface area contributed by atoms with Gasteiger partial charge in [0.25, 0.3) is 0 Å². The molecule has 2 aromatic rings. The molecular formula is C13H11F3N2O4. The van der Waals surface area contributed by atoms with Gasteiger partial charge in [-0.2, -0.15) is 13.2 Å². The van der Waals surface area contributed by atoms with Crippen LogP contribution in [0.2, 0.25) is 0 Å². The highest BCUT2D eigenvalue weighted by molar-refractivity contribution is 6.02. The third kappa shape index (κ3) is 3.84. The lowest BCUT2D eigenvalue weighted by molar-refractivity contribution is -0.354. The normalized spacial score (nSPS) is 10.7. The van der Waals surface area contributed by atoms with Crippen LogP contribution < -0.4 is 15.8 Å². The summed E-state index contributed by atoms with van der Waals surface area (Å²) in [5.41, 5.74) is 7.69. The van der Waals surface area contributed by atoms with Gasteiger partial charge in [-0.05, 0) is 6.07 Å². The van der Waals surface area contributed by atoms with E-state index in [0.29, 0.717) is 11.4 Å². The van der Waals surface area contributed by atoms with Crippen LogP contribution in [0.5, 0.6) is 0 Å². The average molecular weight is 316 g/mol. The fraction of sp³-hybridized carbons (Fsp3) is 0.154. The number of para-hydroxylation sites is 1. The number of aryl methyl sites for hydroxylation is 1. The molecule has 0 spiro atoms. The van der Waals surface area contributed by atoms with E-state index >= 15 is 0 Å². The van der Waals surface area contributed by atoms with Crippen LogP contribution in [0, 0.1) is 6.92 Å². The van der Waals surface area contributed by atoms with E-state index < -0.39 is 18.1 Å². The number of hydrogen-bond donors (Lipinski definition) is 2. The van der Waals surface area contributed by atoms with Gasteiger partial charge in [0, 0.05) is 13.0 Å². The molecule has 118 valence electrons. The molecule has 0 aliphatic rings. The highest BCUT2D eigenvalue weighted by Crippen LogP contribution is 2.22. The van der Waals surface area contributed by atoms with Crippen LogP contribution in [-0.2, 0) is 4.79 Å². The molecule has 22 heavy (non-hydrogen) atoms. The molecule has 1 aromatic carbocycles. The van der Waals surface area contributed by atoms with Gasteiger partial charge < -0.3 is 20.7 Å². The summed E-state index contributed by atoms with van der Waals surface area (Å²) in [4.78, 5) is 22.8. The van der Waals surface area contributed by atoms with E-state index in [1.165, 1.54) is 0 Å². The van der Waals surface area contributed by atoms with E-state index in [2.05, 4.69) is 4.98 Å². The lowest BCUT2D eigenvalue weighted by Gasteiger charge is -2.03. The van der Waals surface area contributed by atoms with Crippen molar-refractivity contribution in [2.24, 2.45) is 0 Å².